The van der Waals surface area contributed by atoms with Gasteiger partial charge in [-0.3, -0.25) is 0 Å². The maximum atomic E-state index is 11.0. The van der Waals surface area contributed by atoms with E-state index in [1.54, 1.807) is 13.8 Å². The van der Waals surface area contributed by atoms with Gasteiger partial charge < -0.3 is 29.9 Å². The molecule has 0 aliphatic heterocycles. The number of aliphatic hydroxyl groups is 4. The van der Waals surface area contributed by atoms with Gasteiger partial charge in [-0.1, -0.05) is 13.8 Å². The maximum Gasteiger partial charge on any atom is 0.337 e. The van der Waals surface area contributed by atoms with Crippen LogP contribution in [0.2, 0.25) is 0 Å². The first-order valence-electron chi connectivity index (χ1n) is 7.43. The van der Waals surface area contributed by atoms with Gasteiger partial charge in [0.25, 0.3) is 0 Å². The fourth-order valence-electron chi connectivity index (χ4n) is 1.03. The van der Waals surface area contributed by atoms with Crippen molar-refractivity contribution in [1.82, 2.24) is 0 Å². The lowest BCUT2D eigenvalue weighted by molar-refractivity contribution is 0.0586. The third-order valence-electron chi connectivity index (χ3n) is 2.68. The minimum atomic E-state index is -0.429. The molecule has 0 aliphatic rings. The molecule has 0 aromatic heterocycles. The first-order chi connectivity index (χ1) is 11.7. The molecule has 0 atom stereocenters. The van der Waals surface area contributed by atoms with E-state index in [9.17, 15) is 9.59 Å². The van der Waals surface area contributed by atoms with Gasteiger partial charge >= 0.3 is 11.9 Å². The first-order valence-corrected chi connectivity index (χ1v) is 7.43. The van der Waals surface area contributed by atoms with E-state index in [-0.39, 0.29) is 31.8 Å². The van der Waals surface area contributed by atoms with Crippen LogP contribution in [0.4, 0.5) is 0 Å². The molecule has 0 aliphatic carbocycles. The molecule has 8 nitrogen and oxygen atoms in total. The van der Waals surface area contributed by atoms with Gasteiger partial charge in [-0.25, -0.2) is 9.59 Å². The number of hydrogen-bond donors (Lipinski definition) is 4. The fourth-order valence-corrected chi connectivity index (χ4v) is 1.03. The van der Waals surface area contributed by atoms with Crippen molar-refractivity contribution in [2.24, 2.45) is 5.41 Å². The van der Waals surface area contributed by atoms with Crippen molar-refractivity contribution < 1.29 is 39.5 Å². The average Bonchev–Trinajstić information content (AvgIpc) is 2.67. The first kappa shape index (κ1) is 25.2. The van der Waals surface area contributed by atoms with Crippen molar-refractivity contribution in [2.75, 3.05) is 40.6 Å². The van der Waals surface area contributed by atoms with E-state index >= 15 is 0 Å². The molecule has 1 aromatic rings. The molecule has 0 saturated heterocycles. The molecule has 1 rings (SSSR count). The summed E-state index contributed by atoms with van der Waals surface area (Å²) >= 11 is 0. The Balaban J connectivity index is 0. The van der Waals surface area contributed by atoms with Crippen molar-refractivity contribution in [3.8, 4) is 0 Å². The molecule has 0 radical (unpaired) electrons. The zero-order valence-electron chi connectivity index (χ0n) is 15.1. The highest BCUT2D eigenvalue weighted by Crippen LogP contribution is 2.10. The SMILES string of the molecule is CC(C)(CO)CO.COC(=O)c1ccc(C(=O)OC)cc1.OCCO. The second-order valence-corrected chi connectivity index (χ2v) is 5.49. The zero-order chi connectivity index (χ0) is 19.9. The topological polar surface area (TPSA) is 134 Å². The highest BCUT2D eigenvalue weighted by molar-refractivity contribution is 5.93. The third-order valence-corrected chi connectivity index (χ3v) is 2.68. The summed E-state index contributed by atoms with van der Waals surface area (Å²) in [6.07, 6.45) is 0. The van der Waals surface area contributed by atoms with Gasteiger partial charge in [0.2, 0.25) is 0 Å². The summed E-state index contributed by atoms with van der Waals surface area (Å²) in [4.78, 5) is 22.1. The molecule has 0 fully saturated rings. The second-order valence-electron chi connectivity index (χ2n) is 5.49. The predicted octanol–water partition coefficient (Wildman–Crippen LogP) is 0.228. The summed E-state index contributed by atoms with van der Waals surface area (Å²) in [7, 11) is 2.60. The van der Waals surface area contributed by atoms with E-state index in [2.05, 4.69) is 9.47 Å². The average molecular weight is 360 g/mol. The number of methoxy groups -OCH3 is 2. The Labute approximate surface area is 147 Å². The minimum Gasteiger partial charge on any atom is -0.465 e. The van der Waals surface area contributed by atoms with Crippen molar-refractivity contribution in [3.63, 3.8) is 0 Å². The Morgan fingerprint density at radius 1 is 0.800 bits per heavy atom. The minimum absolute atomic E-state index is 0.0451. The lowest BCUT2D eigenvalue weighted by Gasteiger charge is -2.16. The summed E-state index contributed by atoms with van der Waals surface area (Å²) < 4.78 is 9.02. The Morgan fingerprint density at radius 2 is 1.08 bits per heavy atom. The highest BCUT2D eigenvalue weighted by atomic mass is 16.5. The number of esters is 2. The van der Waals surface area contributed by atoms with Crippen molar-refractivity contribution >= 4 is 11.9 Å². The number of aliphatic hydroxyl groups excluding tert-OH is 4. The summed E-state index contributed by atoms with van der Waals surface area (Å²) in [5.74, 6) is -0.858. The van der Waals surface area contributed by atoms with Crippen LogP contribution in [0.3, 0.4) is 0 Å². The Morgan fingerprint density at radius 3 is 1.20 bits per heavy atom. The quantitative estimate of drug-likeness (QED) is 0.548. The van der Waals surface area contributed by atoms with E-state index in [1.165, 1.54) is 38.5 Å². The molecule has 0 amide bonds. The van der Waals surface area contributed by atoms with Gasteiger partial charge in [-0.05, 0) is 24.3 Å². The van der Waals surface area contributed by atoms with Gasteiger partial charge in [0, 0.05) is 5.41 Å². The molecule has 8 heteroatoms. The molecule has 0 heterocycles. The highest BCUT2D eigenvalue weighted by Gasteiger charge is 2.13. The van der Waals surface area contributed by atoms with Crippen LogP contribution in [-0.4, -0.2) is 73.0 Å². The largest absolute Gasteiger partial charge is 0.465 e. The number of hydrogen-bond acceptors (Lipinski definition) is 8. The van der Waals surface area contributed by atoms with Crippen LogP contribution in [0.1, 0.15) is 34.6 Å². The number of benzene rings is 1. The number of carbonyl (C=O) groups excluding carboxylic acids is 2. The number of rotatable bonds is 5. The van der Waals surface area contributed by atoms with Gasteiger partial charge in [-0.15, -0.1) is 0 Å². The van der Waals surface area contributed by atoms with E-state index < -0.39 is 11.9 Å². The summed E-state index contributed by atoms with van der Waals surface area (Å²) in [5, 5.41) is 32.1. The zero-order valence-corrected chi connectivity index (χ0v) is 15.1. The molecule has 0 saturated carbocycles. The normalized spacial score (nSPS) is 9.76. The van der Waals surface area contributed by atoms with Crippen LogP contribution in [-0.2, 0) is 9.47 Å². The second kappa shape index (κ2) is 14.4. The molecule has 25 heavy (non-hydrogen) atoms. The standard InChI is InChI=1S/C10H10O4.C5H12O2.C2H6O2/c1-13-9(11)7-3-5-8(6-4-7)10(12)14-2;1-5(2,3-6)4-7;3-1-2-4/h3-6H,1-2H3;6-7H,3-4H2,1-2H3;3-4H,1-2H2. The Bertz CT molecular complexity index is 439. The van der Waals surface area contributed by atoms with Crippen LogP contribution >= 0.6 is 0 Å². The Kier molecular flexibility index (Phi) is 14.5. The van der Waals surface area contributed by atoms with Crippen LogP contribution in [0.25, 0.3) is 0 Å². The van der Waals surface area contributed by atoms with Gasteiger partial charge in [-0.2, -0.15) is 0 Å². The smallest absolute Gasteiger partial charge is 0.337 e. The van der Waals surface area contributed by atoms with E-state index in [0.717, 1.165) is 0 Å². The van der Waals surface area contributed by atoms with Crippen LogP contribution in [0, 0.1) is 5.41 Å². The molecular formula is C17H28O8. The third kappa shape index (κ3) is 12.1. The molecule has 0 bridgehead atoms. The van der Waals surface area contributed by atoms with E-state index in [0.29, 0.717) is 11.1 Å². The molecule has 144 valence electrons. The fraction of sp³-hybridized carbons (Fsp3) is 0.529. The summed E-state index contributed by atoms with van der Waals surface area (Å²) in [6.45, 7) is 3.44. The summed E-state index contributed by atoms with van der Waals surface area (Å²) in [6, 6.07) is 6.05. The van der Waals surface area contributed by atoms with E-state index in [1.807, 2.05) is 0 Å². The number of carbonyl (C=O) groups is 2. The lowest BCUT2D eigenvalue weighted by atomic mass is 9.97. The lowest BCUT2D eigenvalue weighted by Crippen LogP contribution is -2.20. The van der Waals surface area contributed by atoms with Crippen LogP contribution in [0.15, 0.2) is 24.3 Å². The van der Waals surface area contributed by atoms with Crippen molar-refractivity contribution in [2.45, 2.75) is 13.8 Å². The molecule has 4 N–H and O–H groups in total. The molecular weight excluding hydrogens is 332 g/mol. The molecule has 1 aromatic carbocycles. The van der Waals surface area contributed by atoms with Gasteiger partial charge in [0.1, 0.15) is 0 Å². The number of ether oxygens (including phenoxy) is 2. The van der Waals surface area contributed by atoms with Gasteiger partial charge in [0.05, 0.1) is 51.8 Å². The maximum absolute atomic E-state index is 11.0. The molecule has 0 unspecified atom stereocenters. The van der Waals surface area contributed by atoms with Gasteiger partial charge in [0.15, 0.2) is 0 Å². The van der Waals surface area contributed by atoms with Crippen LogP contribution < -0.4 is 0 Å². The van der Waals surface area contributed by atoms with Crippen molar-refractivity contribution in [1.29, 1.82) is 0 Å². The monoisotopic (exact) mass is 360 g/mol. The van der Waals surface area contributed by atoms with Crippen molar-refractivity contribution in [3.05, 3.63) is 35.4 Å². The van der Waals surface area contributed by atoms with E-state index in [4.69, 9.17) is 20.4 Å². The van der Waals surface area contributed by atoms with Crippen LogP contribution in [0.5, 0.6) is 0 Å². The molecule has 0 spiro atoms. The Hall–Kier alpha value is -2.00. The predicted molar refractivity (Wildman–Crippen MR) is 91.2 cm³/mol. The summed E-state index contributed by atoms with van der Waals surface area (Å²) in [5.41, 5.74) is 0.500.